The summed E-state index contributed by atoms with van der Waals surface area (Å²) in [6, 6.07) is 0. The smallest absolute Gasteiger partial charge is 0.304 e. The van der Waals surface area contributed by atoms with Gasteiger partial charge in [-0.05, 0) is 39.0 Å². The SMILES string of the molecule is C[C@@H]1CC(CC(C=O)CC(=O)O)C[C@H](C)O1. The molecule has 1 rings (SSSR count). The van der Waals surface area contributed by atoms with Gasteiger partial charge in [-0.3, -0.25) is 4.79 Å². The standard InChI is InChI=1S/C12H20O4/c1-8-3-10(4-9(2)16-8)5-11(7-13)6-12(14)15/h7-11H,3-6H2,1-2H3,(H,14,15)/t8-,9+,10?,11?. The zero-order valence-corrected chi connectivity index (χ0v) is 9.89. The lowest BCUT2D eigenvalue weighted by atomic mass is 9.84. The van der Waals surface area contributed by atoms with Gasteiger partial charge < -0.3 is 14.6 Å². The molecule has 0 bridgehead atoms. The highest BCUT2D eigenvalue weighted by Crippen LogP contribution is 2.30. The third kappa shape index (κ3) is 4.31. The summed E-state index contributed by atoms with van der Waals surface area (Å²) in [7, 11) is 0. The van der Waals surface area contributed by atoms with Gasteiger partial charge in [-0.25, -0.2) is 0 Å². The van der Waals surface area contributed by atoms with Gasteiger partial charge in [0.25, 0.3) is 0 Å². The molecule has 0 amide bonds. The lowest BCUT2D eigenvalue weighted by Crippen LogP contribution is -2.30. The summed E-state index contributed by atoms with van der Waals surface area (Å²) in [5.74, 6) is -0.835. The highest BCUT2D eigenvalue weighted by atomic mass is 16.5. The van der Waals surface area contributed by atoms with Gasteiger partial charge in [0.2, 0.25) is 0 Å². The van der Waals surface area contributed by atoms with E-state index in [0.717, 1.165) is 19.1 Å². The minimum atomic E-state index is -0.898. The number of aliphatic carboxylic acids is 1. The van der Waals surface area contributed by atoms with Crippen LogP contribution in [0.3, 0.4) is 0 Å². The number of rotatable bonds is 5. The maximum absolute atomic E-state index is 10.8. The zero-order chi connectivity index (χ0) is 12.1. The molecule has 0 aromatic heterocycles. The van der Waals surface area contributed by atoms with Gasteiger partial charge in [0.05, 0.1) is 18.6 Å². The lowest BCUT2D eigenvalue weighted by Gasteiger charge is -2.33. The van der Waals surface area contributed by atoms with Crippen molar-refractivity contribution in [3.05, 3.63) is 0 Å². The first-order valence-electron chi connectivity index (χ1n) is 5.83. The Labute approximate surface area is 96.0 Å². The Morgan fingerprint density at radius 1 is 1.44 bits per heavy atom. The van der Waals surface area contributed by atoms with E-state index in [0.29, 0.717) is 12.3 Å². The topological polar surface area (TPSA) is 63.6 Å². The van der Waals surface area contributed by atoms with Crippen molar-refractivity contribution in [1.82, 2.24) is 0 Å². The van der Waals surface area contributed by atoms with E-state index < -0.39 is 5.97 Å². The Hall–Kier alpha value is -0.900. The maximum atomic E-state index is 10.8. The molecular formula is C12H20O4. The quantitative estimate of drug-likeness (QED) is 0.730. The third-order valence-electron chi connectivity index (χ3n) is 3.06. The van der Waals surface area contributed by atoms with E-state index in [9.17, 15) is 9.59 Å². The van der Waals surface area contributed by atoms with Gasteiger partial charge in [-0.15, -0.1) is 0 Å². The molecule has 1 fully saturated rings. The zero-order valence-electron chi connectivity index (χ0n) is 9.89. The van der Waals surface area contributed by atoms with Crippen molar-refractivity contribution in [3.63, 3.8) is 0 Å². The first-order chi connectivity index (χ1) is 7.51. The molecule has 1 saturated heterocycles. The van der Waals surface area contributed by atoms with E-state index in [4.69, 9.17) is 9.84 Å². The number of carbonyl (C=O) groups is 2. The molecule has 92 valence electrons. The summed E-state index contributed by atoms with van der Waals surface area (Å²) in [6.07, 6.45) is 3.68. The van der Waals surface area contributed by atoms with Crippen LogP contribution in [-0.4, -0.2) is 29.6 Å². The number of aldehydes is 1. The minimum Gasteiger partial charge on any atom is -0.481 e. The molecule has 0 radical (unpaired) electrons. The third-order valence-corrected chi connectivity index (χ3v) is 3.06. The molecule has 0 saturated carbocycles. The predicted octanol–water partition coefficient (Wildman–Crippen LogP) is 1.87. The van der Waals surface area contributed by atoms with E-state index in [-0.39, 0.29) is 24.5 Å². The number of carboxylic acid groups (broad SMARTS) is 1. The minimum absolute atomic E-state index is 0.0520. The van der Waals surface area contributed by atoms with E-state index >= 15 is 0 Å². The van der Waals surface area contributed by atoms with Crippen LogP contribution in [0.25, 0.3) is 0 Å². The van der Waals surface area contributed by atoms with E-state index in [1.807, 2.05) is 13.8 Å². The Morgan fingerprint density at radius 3 is 2.44 bits per heavy atom. The van der Waals surface area contributed by atoms with Crippen molar-refractivity contribution < 1.29 is 19.4 Å². The van der Waals surface area contributed by atoms with Crippen LogP contribution < -0.4 is 0 Å². The largest absolute Gasteiger partial charge is 0.481 e. The molecule has 0 aromatic rings. The molecule has 1 heterocycles. The maximum Gasteiger partial charge on any atom is 0.304 e. The van der Waals surface area contributed by atoms with Crippen LogP contribution in [-0.2, 0) is 14.3 Å². The Kier molecular flexibility index (Phi) is 4.93. The summed E-state index contributed by atoms with van der Waals surface area (Å²) < 4.78 is 5.61. The Bertz CT molecular complexity index is 241. The van der Waals surface area contributed by atoms with Gasteiger partial charge in [-0.1, -0.05) is 0 Å². The lowest BCUT2D eigenvalue weighted by molar-refractivity contribution is -0.139. The van der Waals surface area contributed by atoms with Crippen LogP contribution >= 0.6 is 0 Å². The van der Waals surface area contributed by atoms with Crippen LogP contribution in [0.2, 0.25) is 0 Å². The second kappa shape index (κ2) is 5.99. The monoisotopic (exact) mass is 228 g/mol. The Balaban J connectivity index is 2.44. The van der Waals surface area contributed by atoms with Gasteiger partial charge in [0.1, 0.15) is 6.29 Å². The first-order valence-corrected chi connectivity index (χ1v) is 5.83. The highest BCUT2D eigenvalue weighted by Gasteiger charge is 2.27. The fourth-order valence-electron chi connectivity index (χ4n) is 2.57. The first kappa shape index (κ1) is 13.2. The van der Waals surface area contributed by atoms with Crippen molar-refractivity contribution in [1.29, 1.82) is 0 Å². The fourth-order valence-corrected chi connectivity index (χ4v) is 2.57. The van der Waals surface area contributed by atoms with Crippen molar-refractivity contribution in [2.75, 3.05) is 0 Å². The Morgan fingerprint density at radius 2 is 2.00 bits per heavy atom. The number of carboxylic acids is 1. The molecule has 4 heteroatoms. The summed E-state index contributed by atoms with van der Waals surface area (Å²) in [5, 5.41) is 8.66. The predicted molar refractivity (Wildman–Crippen MR) is 59.2 cm³/mol. The van der Waals surface area contributed by atoms with E-state index in [2.05, 4.69) is 0 Å². The van der Waals surface area contributed by atoms with Crippen LogP contribution in [0, 0.1) is 11.8 Å². The summed E-state index contributed by atoms with van der Waals surface area (Å²) in [5.41, 5.74) is 0. The molecule has 1 aliphatic heterocycles. The van der Waals surface area contributed by atoms with Crippen molar-refractivity contribution >= 4 is 12.3 Å². The van der Waals surface area contributed by atoms with Crippen LogP contribution in [0.15, 0.2) is 0 Å². The van der Waals surface area contributed by atoms with Gasteiger partial charge in [-0.2, -0.15) is 0 Å². The molecule has 4 nitrogen and oxygen atoms in total. The van der Waals surface area contributed by atoms with Crippen LogP contribution in [0.4, 0.5) is 0 Å². The van der Waals surface area contributed by atoms with Crippen molar-refractivity contribution in [3.8, 4) is 0 Å². The van der Waals surface area contributed by atoms with Crippen LogP contribution in [0.1, 0.15) is 39.5 Å². The number of ether oxygens (including phenoxy) is 1. The molecule has 2 unspecified atom stereocenters. The van der Waals surface area contributed by atoms with Gasteiger partial charge in [0.15, 0.2) is 0 Å². The average Bonchev–Trinajstić information content (AvgIpc) is 2.14. The van der Waals surface area contributed by atoms with E-state index in [1.54, 1.807) is 0 Å². The summed E-state index contributed by atoms with van der Waals surface area (Å²) >= 11 is 0. The molecule has 0 aromatic carbocycles. The molecule has 0 spiro atoms. The molecular weight excluding hydrogens is 208 g/mol. The number of hydrogen-bond donors (Lipinski definition) is 1. The summed E-state index contributed by atoms with van der Waals surface area (Å²) in [6.45, 7) is 4.05. The molecule has 4 atom stereocenters. The van der Waals surface area contributed by atoms with Gasteiger partial charge >= 0.3 is 5.97 Å². The van der Waals surface area contributed by atoms with Crippen molar-refractivity contribution in [2.45, 2.75) is 51.7 Å². The summed E-state index contributed by atoms with van der Waals surface area (Å²) in [4.78, 5) is 21.3. The average molecular weight is 228 g/mol. The molecule has 1 aliphatic rings. The normalized spacial score (nSPS) is 32.0. The number of carbonyl (C=O) groups excluding carboxylic acids is 1. The second-order valence-corrected chi connectivity index (χ2v) is 4.82. The van der Waals surface area contributed by atoms with Crippen LogP contribution in [0.5, 0.6) is 0 Å². The number of hydrogen-bond acceptors (Lipinski definition) is 3. The highest BCUT2D eigenvalue weighted by molar-refractivity contribution is 5.71. The van der Waals surface area contributed by atoms with Gasteiger partial charge in [0, 0.05) is 5.92 Å². The molecule has 1 N–H and O–H groups in total. The van der Waals surface area contributed by atoms with E-state index in [1.165, 1.54) is 0 Å². The van der Waals surface area contributed by atoms with Crippen molar-refractivity contribution in [2.24, 2.45) is 11.8 Å². The molecule has 0 aliphatic carbocycles. The second-order valence-electron chi connectivity index (χ2n) is 4.82. The molecule has 16 heavy (non-hydrogen) atoms. The fraction of sp³-hybridized carbons (Fsp3) is 0.833.